The number of fused-ring (bicyclic) bond motifs is 1. The zero-order valence-corrected chi connectivity index (χ0v) is 15.6. The molecule has 0 radical (unpaired) electrons. The Bertz CT molecular complexity index is 771. The molecule has 2 N–H and O–H groups in total. The Morgan fingerprint density at radius 2 is 1.96 bits per heavy atom. The summed E-state index contributed by atoms with van der Waals surface area (Å²) < 4.78 is 5.68. The van der Waals surface area contributed by atoms with E-state index in [4.69, 9.17) is 4.74 Å². The van der Waals surface area contributed by atoms with Gasteiger partial charge in [-0.2, -0.15) is 0 Å². The molecule has 0 bridgehead atoms. The predicted octanol–water partition coefficient (Wildman–Crippen LogP) is 3.23. The maximum Gasteiger partial charge on any atom is 0.223 e. The normalized spacial score (nSPS) is 15.7. The molecule has 1 aliphatic rings. The number of carbonyl (C=O) groups is 1. The molecule has 6 heteroatoms. The van der Waals surface area contributed by atoms with Gasteiger partial charge in [0.15, 0.2) is 0 Å². The fraction of sp³-hybridized carbons (Fsp3) is 0.450. The van der Waals surface area contributed by atoms with Crippen LogP contribution in [-0.4, -0.2) is 29.0 Å². The van der Waals surface area contributed by atoms with Crippen LogP contribution in [0.2, 0.25) is 0 Å². The van der Waals surface area contributed by atoms with E-state index in [1.165, 1.54) is 5.56 Å². The van der Waals surface area contributed by atoms with Gasteiger partial charge in [-0.1, -0.05) is 17.7 Å². The van der Waals surface area contributed by atoms with Crippen molar-refractivity contribution in [2.24, 2.45) is 0 Å². The van der Waals surface area contributed by atoms with E-state index in [-0.39, 0.29) is 11.9 Å². The van der Waals surface area contributed by atoms with Crippen molar-refractivity contribution >= 4 is 11.9 Å². The monoisotopic (exact) mass is 354 g/mol. The van der Waals surface area contributed by atoms with E-state index in [9.17, 15) is 4.79 Å². The highest BCUT2D eigenvalue weighted by Gasteiger charge is 2.22. The van der Waals surface area contributed by atoms with E-state index in [1.54, 1.807) is 0 Å². The third-order valence-corrected chi connectivity index (χ3v) is 4.39. The first kappa shape index (κ1) is 18.2. The number of carbonyl (C=O) groups excluding carboxylic acids is 1. The van der Waals surface area contributed by atoms with Crippen molar-refractivity contribution in [2.75, 3.05) is 18.5 Å². The number of hydrogen-bond donors (Lipinski definition) is 2. The number of rotatable bonds is 6. The minimum atomic E-state index is 0.0295. The van der Waals surface area contributed by atoms with Crippen LogP contribution in [0, 0.1) is 20.8 Å². The van der Waals surface area contributed by atoms with E-state index in [2.05, 4.69) is 33.6 Å². The molecule has 3 rings (SSSR count). The fourth-order valence-corrected chi connectivity index (χ4v) is 3.18. The lowest BCUT2D eigenvalue weighted by atomic mass is 9.98. The maximum absolute atomic E-state index is 12.3. The van der Waals surface area contributed by atoms with Crippen LogP contribution in [0.15, 0.2) is 24.3 Å². The third kappa shape index (κ3) is 4.71. The molecule has 1 atom stereocenters. The summed E-state index contributed by atoms with van der Waals surface area (Å²) in [5, 5.41) is 6.33. The standard InChI is InChI=1S/C20H26N4O2/c1-13-6-7-18-16(11-13)17(8-10-26-18)24-19(25)5-4-9-21-20-22-14(2)12-15(3)23-20/h6-7,11-12,17H,4-5,8-10H2,1-3H3,(H,24,25)(H,21,22,23). The van der Waals surface area contributed by atoms with Gasteiger partial charge >= 0.3 is 0 Å². The lowest BCUT2D eigenvalue weighted by Gasteiger charge is -2.27. The number of benzene rings is 1. The number of hydrogen-bond acceptors (Lipinski definition) is 5. The summed E-state index contributed by atoms with van der Waals surface area (Å²) in [7, 11) is 0. The predicted molar refractivity (Wildman–Crippen MR) is 101 cm³/mol. The Hall–Kier alpha value is -2.63. The van der Waals surface area contributed by atoms with E-state index < -0.39 is 0 Å². The quantitative estimate of drug-likeness (QED) is 0.779. The van der Waals surface area contributed by atoms with Gasteiger partial charge < -0.3 is 15.4 Å². The summed E-state index contributed by atoms with van der Waals surface area (Å²) in [5.41, 5.74) is 4.12. The molecule has 1 unspecified atom stereocenters. The van der Waals surface area contributed by atoms with Crippen molar-refractivity contribution in [3.05, 3.63) is 46.8 Å². The summed E-state index contributed by atoms with van der Waals surface area (Å²) in [5.74, 6) is 1.56. The van der Waals surface area contributed by atoms with Crippen LogP contribution >= 0.6 is 0 Å². The van der Waals surface area contributed by atoms with Crippen LogP contribution in [0.3, 0.4) is 0 Å². The zero-order valence-electron chi connectivity index (χ0n) is 15.6. The molecule has 6 nitrogen and oxygen atoms in total. The molecule has 1 aromatic carbocycles. The van der Waals surface area contributed by atoms with Crippen molar-refractivity contribution < 1.29 is 9.53 Å². The Balaban J connectivity index is 1.47. The molecule has 0 saturated heterocycles. The molecule has 0 fully saturated rings. The van der Waals surface area contributed by atoms with Crippen molar-refractivity contribution in [2.45, 2.75) is 46.1 Å². The first-order valence-electron chi connectivity index (χ1n) is 9.10. The summed E-state index contributed by atoms with van der Waals surface area (Å²) in [6.07, 6.45) is 2.00. The third-order valence-electron chi connectivity index (χ3n) is 4.39. The Labute approximate surface area is 154 Å². The molecular weight excluding hydrogens is 328 g/mol. The average molecular weight is 354 g/mol. The van der Waals surface area contributed by atoms with Gasteiger partial charge in [0, 0.05) is 36.3 Å². The minimum absolute atomic E-state index is 0.0295. The highest BCUT2D eigenvalue weighted by Crippen LogP contribution is 2.32. The second-order valence-electron chi connectivity index (χ2n) is 6.80. The summed E-state index contributed by atoms with van der Waals surface area (Å²) in [6, 6.07) is 8.08. The van der Waals surface area contributed by atoms with E-state index >= 15 is 0 Å². The van der Waals surface area contributed by atoms with Crippen molar-refractivity contribution in [3.63, 3.8) is 0 Å². The number of aromatic nitrogens is 2. The second-order valence-corrected chi connectivity index (χ2v) is 6.80. The number of anilines is 1. The molecule has 0 spiro atoms. The van der Waals surface area contributed by atoms with Crippen molar-refractivity contribution in [1.29, 1.82) is 0 Å². The van der Waals surface area contributed by atoms with Crippen LogP contribution in [-0.2, 0) is 4.79 Å². The van der Waals surface area contributed by atoms with Crippen molar-refractivity contribution in [1.82, 2.24) is 15.3 Å². The maximum atomic E-state index is 12.3. The first-order valence-corrected chi connectivity index (χ1v) is 9.10. The first-order chi connectivity index (χ1) is 12.5. The Morgan fingerprint density at radius 3 is 2.73 bits per heavy atom. The molecular formula is C20H26N4O2. The van der Waals surface area contributed by atoms with E-state index in [1.807, 2.05) is 32.0 Å². The highest BCUT2D eigenvalue weighted by atomic mass is 16.5. The van der Waals surface area contributed by atoms with Crippen molar-refractivity contribution in [3.8, 4) is 5.75 Å². The van der Waals surface area contributed by atoms with Crippen LogP contribution in [0.25, 0.3) is 0 Å². The smallest absolute Gasteiger partial charge is 0.223 e. The molecule has 26 heavy (non-hydrogen) atoms. The summed E-state index contributed by atoms with van der Waals surface area (Å²) in [6.45, 7) is 7.24. The zero-order chi connectivity index (χ0) is 18.5. The molecule has 138 valence electrons. The molecule has 1 amide bonds. The number of nitrogens with zero attached hydrogens (tertiary/aromatic N) is 2. The molecule has 0 saturated carbocycles. The molecule has 1 aromatic heterocycles. The fourth-order valence-electron chi connectivity index (χ4n) is 3.18. The van der Waals surface area contributed by atoms with Gasteiger partial charge in [-0.05, 0) is 39.3 Å². The van der Waals surface area contributed by atoms with Gasteiger partial charge in [0.2, 0.25) is 11.9 Å². The summed E-state index contributed by atoms with van der Waals surface area (Å²) in [4.78, 5) is 21.0. The van der Waals surface area contributed by atoms with Gasteiger partial charge in [-0.25, -0.2) is 9.97 Å². The van der Waals surface area contributed by atoms with Gasteiger partial charge in [-0.15, -0.1) is 0 Å². The van der Waals surface area contributed by atoms with Gasteiger partial charge in [0.05, 0.1) is 12.6 Å². The van der Waals surface area contributed by atoms with Crippen LogP contribution in [0.1, 0.15) is 47.8 Å². The second kappa shape index (κ2) is 8.17. The van der Waals surface area contributed by atoms with E-state index in [0.717, 1.165) is 35.5 Å². The SMILES string of the molecule is Cc1ccc2c(c1)C(NC(=O)CCCNc1nc(C)cc(C)n1)CCO2. The molecule has 2 heterocycles. The lowest BCUT2D eigenvalue weighted by Crippen LogP contribution is -2.32. The number of amides is 1. The number of nitrogens with one attached hydrogen (secondary N) is 2. The van der Waals surface area contributed by atoms with E-state index in [0.29, 0.717) is 25.5 Å². The average Bonchev–Trinajstić information content (AvgIpc) is 2.58. The highest BCUT2D eigenvalue weighted by molar-refractivity contribution is 5.76. The van der Waals surface area contributed by atoms with Crippen LogP contribution < -0.4 is 15.4 Å². The van der Waals surface area contributed by atoms with Crippen LogP contribution in [0.5, 0.6) is 5.75 Å². The van der Waals surface area contributed by atoms with Gasteiger partial charge in [-0.3, -0.25) is 4.79 Å². The van der Waals surface area contributed by atoms with Crippen LogP contribution in [0.4, 0.5) is 5.95 Å². The topological polar surface area (TPSA) is 76.1 Å². The summed E-state index contributed by atoms with van der Waals surface area (Å²) >= 11 is 0. The minimum Gasteiger partial charge on any atom is -0.493 e. The Morgan fingerprint density at radius 1 is 1.19 bits per heavy atom. The molecule has 2 aromatic rings. The largest absolute Gasteiger partial charge is 0.493 e. The molecule has 1 aliphatic heterocycles. The lowest BCUT2D eigenvalue weighted by molar-refractivity contribution is -0.122. The Kier molecular flexibility index (Phi) is 5.71. The molecule has 0 aliphatic carbocycles. The number of aryl methyl sites for hydroxylation is 3. The van der Waals surface area contributed by atoms with Gasteiger partial charge in [0.25, 0.3) is 0 Å². The number of ether oxygens (including phenoxy) is 1. The van der Waals surface area contributed by atoms with Gasteiger partial charge in [0.1, 0.15) is 5.75 Å².